The summed E-state index contributed by atoms with van der Waals surface area (Å²) in [5.41, 5.74) is 4.85. The average Bonchev–Trinajstić information content (AvgIpc) is 1.35. The van der Waals surface area contributed by atoms with E-state index in [1.165, 1.54) is 19.4 Å². The molecule has 0 aliphatic heterocycles. The van der Waals surface area contributed by atoms with Crippen LogP contribution in [0, 0.1) is 0 Å². The monoisotopic (exact) mass is 88.1 g/mol. The highest BCUT2D eigenvalue weighted by Crippen LogP contribution is 1.67. The van der Waals surface area contributed by atoms with Gasteiger partial charge >= 0.3 is 0 Å². The molecule has 0 atom stereocenters. The van der Waals surface area contributed by atoms with Gasteiger partial charge in [-0.05, 0) is 0 Å². The van der Waals surface area contributed by atoms with E-state index in [1.807, 2.05) is 0 Å². The maximum Gasteiger partial charge on any atom is 0.0424 e. The summed E-state index contributed by atoms with van der Waals surface area (Å²) in [5.74, 6) is 0. The van der Waals surface area contributed by atoms with Crippen LogP contribution in [0.2, 0.25) is 0 Å². The number of nitrogens with two attached hydrogens (primary N) is 1. The van der Waals surface area contributed by atoms with Crippen LogP contribution in [0.1, 0.15) is 0 Å². The van der Waals surface area contributed by atoms with E-state index in [0.717, 1.165) is 5.06 Å². The molecule has 0 fully saturated rings. The zero-order valence-electron chi connectivity index (χ0n) is 3.63. The molecule has 0 bridgehead atoms. The fourth-order valence-corrected chi connectivity index (χ4v) is 0.125. The Balaban J connectivity index is 3.03. The maximum absolute atomic E-state index is 8.22. The van der Waals surface area contributed by atoms with E-state index in [4.69, 9.17) is 10.9 Å². The second-order valence-electron chi connectivity index (χ2n) is 0.915. The van der Waals surface area contributed by atoms with Gasteiger partial charge < -0.3 is 5.73 Å². The molecule has 0 unspecified atom stereocenters. The molecule has 0 aromatic carbocycles. The Kier molecular flexibility index (Phi) is 2.24. The topological polar surface area (TPSA) is 49.5 Å². The lowest BCUT2D eigenvalue weighted by Crippen LogP contribution is -2.02. The standard InChI is InChI=1S/C3H8N2O/c1-5(6)3-2-4/h2-3,6H,4H2,1H3/b3-2-. The van der Waals surface area contributed by atoms with Crippen LogP contribution in [0.15, 0.2) is 12.4 Å². The first-order valence-corrected chi connectivity index (χ1v) is 1.57. The van der Waals surface area contributed by atoms with E-state index in [2.05, 4.69) is 0 Å². The average molecular weight is 88.1 g/mol. The summed E-state index contributed by atoms with van der Waals surface area (Å²) < 4.78 is 0. The molecular weight excluding hydrogens is 80.0 g/mol. The molecular formula is C3H8N2O. The van der Waals surface area contributed by atoms with Gasteiger partial charge in [-0.25, -0.2) is 0 Å². The van der Waals surface area contributed by atoms with Crippen molar-refractivity contribution < 1.29 is 5.21 Å². The van der Waals surface area contributed by atoms with Gasteiger partial charge in [-0.2, -0.15) is 0 Å². The minimum atomic E-state index is 0.875. The van der Waals surface area contributed by atoms with Crippen LogP contribution in [0.5, 0.6) is 0 Å². The zero-order chi connectivity index (χ0) is 4.99. The van der Waals surface area contributed by atoms with Crippen LogP contribution in [-0.2, 0) is 0 Å². The fourth-order valence-electron chi connectivity index (χ4n) is 0.125. The molecule has 0 aliphatic rings. The Morgan fingerprint density at radius 3 is 2.33 bits per heavy atom. The largest absolute Gasteiger partial charge is 0.403 e. The van der Waals surface area contributed by atoms with Gasteiger partial charge in [-0.3, -0.25) is 10.3 Å². The SMILES string of the molecule is CN(O)/C=C\N. The van der Waals surface area contributed by atoms with Gasteiger partial charge in [0.1, 0.15) is 0 Å². The van der Waals surface area contributed by atoms with Crippen LogP contribution in [0.25, 0.3) is 0 Å². The van der Waals surface area contributed by atoms with Crippen molar-refractivity contribution in [3.63, 3.8) is 0 Å². The number of rotatable bonds is 1. The first-order valence-electron chi connectivity index (χ1n) is 1.57. The fraction of sp³-hybridized carbons (Fsp3) is 0.333. The van der Waals surface area contributed by atoms with Crippen molar-refractivity contribution in [1.82, 2.24) is 5.06 Å². The summed E-state index contributed by atoms with van der Waals surface area (Å²) in [5, 5.41) is 9.09. The molecule has 0 aromatic heterocycles. The van der Waals surface area contributed by atoms with Crippen molar-refractivity contribution in [2.75, 3.05) is 7.05 Å². The zero-order valence-corrected chi connectivity index (χ0v) is 3.63. The predicted octanol–water partition coefficient (Wildman–Crippen LogP) is -0.263. The van der Waals surface area contributed by atoms with E-state index >= 15 is 0 Å². The molecule has 0 saturated heterocycles. The van der Waals surface area contributed by atoms with Gasteiger partial charge in [-0.1, -0.05) is 0 Å². The molecule has 6 heavy (non-hydrogen) atoms. The van der Waals surface area contributed by atoms with Crippen molar-refractivity contribution in [3.05, 3.63) is 12.4 Å². The molecule has 36 valence electrons. The van der Waals surface area contributed by atoms with Gasteiger partial charge in [0.15, 0.2) is 0 Å². The number of nitrogens with zero attached hydrogens (tertiary/aromatic N) is 1. The minimum Gasteiger partial charge on any atom is -0.403 e. The highest BCUT2D eigenvalue weighted by Gasteiger charge is 1.68. The van der Waals surface area contributed by atoms with Gasteiger partial charge in [0.25, 0.3) is 0 Å². The summed E-state index contributed by atoms with van der Waals surface area (Å²) in [6.07, 6.45) is 2.58. The summed E-state index contributed by atoms with van der Waals surface area (Å²) in [7, 11) is 1.48. The van der Waals surface area contributed by atoms with Crippen molar-refractivity contribution in [1.29, 1.82) is 0 Å². The summed E-state index contributed by atoms with van der Waals surface area (Å²) in [6, 6.07) is 0. The molecule has 3 heteroatoms. The molecule has 0 heterocycles. The smallest absolute Gasteiger partial charge is 0.0424 e. The van der Waals surface area contributed by atoms with Crippen LogP contribution in [0.4, 0.5) is 0 Å². The Morgan fingerprint density at radius 1 is 1.83 bits per heavy atom. The third-order valence-electron chi connectivity index (χ3n) is 0.302. The summed E-state index contributed by atoms with van der Waals surface area (Å²) >= 11 is 0. The number of hydrogen-bond donors (Lipinski definition) is 2. The van der Waals surface area contributed by atoms with Crippen LogP contribution in [-0.4, -0.2) is 17.3 Å². The van der Waals surface area contributed by atoms with E-state index in [9.17, 15) is 0 Å². The molecule has 0 aliphatic carbocycles. The lowest BCUT2D eigenvalue weighted by molar-refractivity contribution is -0.0130. The van der Waals surface area contributed by atoms with Gasteiger partial charge in [0.05, 0.1) is 0 Å². The molecule has 0 radical (unpaired) electrons. The Bertz CT molecular complexity index is 50.8. The molecule has 0 rings (SSSR count). The minimum absolute atomic E-state index is 0.875. The third-order valence-corrected chi connectivity index (χ3v) is 0.302. The quantitative estimate of drug-likeness (QED) is 0.434. The summed E-state index contributed by atoms with van der Waals surface area (Å²) in [6.45, 7) is 0. The first kappa shape index (κ1) is 5.30. The van der Waals surface area contributed by atoms with E-state index in [0.29, 0.717) is 0 Å². The highest BCUT2D eigenvalue weighted by molar-refractivity contribution is 4.67. The first-order chi connectivity index (χ1) is 2.77. The van der Waals surface area contributed by atoms with E-state index in [-0.39, 0.29) is 0 Å². The molecule has 3 nitrogen and oxygen atoms in total. The molecule has 0 spiro atoms. The predicted molar refractivity (Wildman–Crippen MR) is 22.9 cm³/mol. The van der Waals surface area contributed by atoms with Gasteiger partial charge in [0, 0.05) is 19.4 Å². The highest BCUT2D eigenvalue weighted by atomic mass is 16.5. The molecule has 0 saturated carbocycles. The van der Waals surface area contributed by atoms with Gasteiger partial charge in [-0.15, -0.1) is 0 Å². The lowest BCUT2D eigenvalue weighted by atomic mass is 10.9. The van der Waals surface area contributed by atoms with Crippen molar-refractivity contribution >= 4 is 0 Å². The number of hydroxylamine groups is 2. The van der Waals surface area contributed by atoms with E-state index < -0.39 is 0 Å². The molecule has 0 aromatic rings. The maximum atomic E-state index is 8.22. The number of hydrogen-bond acceptors (Lipinski definition) is 3. The third kappa shape index (κ3) is 3.30. The lowest BCUT2D eigenvalue weighted by Gasteiger charge is -1.97. The van der Waals surface area contributed by atoms with Crippen molar-refractivity contribution in [2.24, 2.45) is 5.73 Å². The Labute approximate surface area is 36.6 Å². The normalized spacial score (nSPS) is 9.67. The Morgan fingerprint density at radius 2 is 2.33 bits per heavy atom. The molecule has 0 amide bonds. The van der Waals surface area contributed by atoms with Crippen LogP contribution in [0.3, 0.4) is 0 Å². The van der Waals surface area contributed by atoms with Crippen LogP contribution >= 0.6 is 0 Å². The second kappa shape index (κ2) is 2.53. The van der Waals surface area contributed by atoms with Crippen molar-refractivity contribution in [2.45, 2.75) is 0 Å². The Hall–Kier alpha value is -0.700. The second-order valence-corrected chi connectivity index (χ2v) is 0.915. The van der Waals surface area contributed by atoms with Gasteiger partial charge in [0.2, 0.25) is 0 Å². The molecule has 3 N–H and O–H groups in total. The van der Waals surface area contributed by atoms with Crippen molar-refractivity contribution in [3.8, 4) is 0 Å². The van der Waals surface area contributed by atoms with Crippen LogP contribution < -0.4 is 5.73 Å². The summed E-state index contributed by atoms with van der Waals surface area (Å²) in [4.78, 5) is 0. The van der Waals surface area contributed by atoms with E-state index in [1.54, 1.807) is 0 Å².